The highest BCUT2D eigenvalue weighted by molar-refractivity contribution is 9.10. The van der Waals surface area contributed by atoms with Crippen LogP contribution in [0.5, 0.6) is 0 Å². The number of hydrogen-bond acceptors (Lipinski definition) is 3. The van der Waals surface area contributed by atoms with Gasteiger partial charge in [0.15, 0.2) is 0 Å². The van der Waals surface area contributed by atoms with Crippen molar-refractivity contribution in [1.82, 2.24) is 14.7 Å². The quantitative estimate of drug-likeness (QED) is 0.872. The summed E-state index contributed by atoms with van der Waals surface area (Å²) in [5.41, 5.74) is 3.34. The van der Waals surface area contributed by atoms with Gasteiger partial charge in [0, 0.05) is 18.7 Å². The van der Waals surface area contributed by atoms with E-state index in [1.165, 1.54) is 0 Å². The highest BCUT2D eigenvalue weighted by Crippen LogP contribution is 2.24. The van der Waals surface area contributed by atoms with Crippen LogP contribution in [0, 0.1) is 19.8 Å². The van der Waals surface area contributed by atoms with Gasteiger partial charge < -0.3 is 10.0 Å². The van der Waals surface area contributed by atoms with Crippen LogP contribution in [0.1, 0.15) is 28.2 Å². The molecular weight excluding hydrogens is 374 g/mol. The number of rotatable bonds is 3. The lowest BCUT2D eigenvalue weighted by molar-refractivity contribution is -0.141. The minimum atomic E-state index is -0.837. The van der Waals surface area contributed by atoms with Crippen molar-refractivity contribution in [2.24, 2.45) is 5.92 Å². The number of carbonyl (C=O) groups excluding carboxylic acids is 1. The maximum Gasteiger partial charge on any atom is 0.308 e. The smallest absolute Gasteiger partial charge is 0.308 e. The Hall–Kier alpha value is -2.15. The van der Waals surface area contributed by atoms with E-state index in [-0.39, 0.29) is 12.5 Å². The van der Waals surface area contributed by atoms with E-state index in [0.717, 1.165) is 21.5 Å². The molecule has 0 radical (unpaired) electrons. The number of nitrogens with zero attached hydrogens (tertiary/aromatic N) is 3. The number of aliphatic carboxylic acids is 1. The first-order chi connectivity index (χ1) is 11.4. The largest absolute Gasteiger partial charge is 0.481 e. The van der Waals surface area contributed by atoms with Gasteiger partial charge in [-0.15, -0.1) is 0 Å². The average Bonchev–Trinajstić information content (AvgIpc) is 3.16. The molecule has 0 aliphatic carbocycles. The third-order valence-electron chi connectivity index (χ3n) is 4.39. The van der Waals surface area contributed by atoms with Gasteiger partial charge in [0.25, 0.3) is 5.91 Å². The zero-order chi connectivity index (χ0) is 17.4. The molecule has 1 aromatic heterocycles. The monoisotopic (exact) mass is 391 g/mol. The highest BCUT2D eigenvalue weighted by atomic mass is 79.9. The van der Waals surface area contributed by atoms with Crippen molar-refractivity contribution in [2.75, 3.05) is 13.1 Å². The Balaban J connectivity index is 1.78. The Morgan fingerprint density at radius 3 is 2.42 bits per heavy atom. The molecule has 126 valence electrons. The molecule has 1 amide bonds. The number of benzene rings is 1. The van der Waals surface area contributed by atoms with Gasteiger partial charge in [-0.2, -0.15) is 5.10 Å². The fourth-order valence-electron chi connectivity index (χ4n) is 2.95. The predicted octanol–water partition coefficient (Wildman–Crippen LogP) is 2.80. The van der Waals surface area contributed by atoms with Crippen LogP contribution >= 0.6 is 15.9 Å². The molecule has 24 heavy (non-hydrogen) atoms. The minimum Gasteiger partial charge on any atom is -0.481 e. The number of halogens is 1. The molecular formula is C17H18BrN3O3. The molecule has 1 aliphatic rings. The molecule has 0 spiro atoms. The van der Waals surface area contributed by atoms with Crippen LogP contribution in [0.3, 0.4) is 0 Å². The molecule has 1 fully saturated rings. The maximum atomic E-state index is 12.5. The standard InChI is InChI=1S/C17H18BrN3O3/c1-10-15(18)11(2)21(19-10)14-5-3-12(4-6-14)16(22)20-8-7-13(9-20)17(23)24/h3-6,13H,7-9H2,1-2H3,(H,23,24)/t13-/m1/s1. The molecule has 1 saturated heterocycles. The first kappa shape index (κ1) is 16.7. The van der Waals surface area contributed by atoms with Gasteiger partial charge in [-0.3, -0.25) is 9.59 Å². The lowest BCUT2D eigenvalue weighted by atomic mass is 10.1. The Bertz CT molecular complexity index is 798. The first-order valence-corrected chi connectivity index (χ1v) is 8.52. The molecule has 1 aliphatic heterocycles. The van der Waals surface area contributed by atoms with Crippen molar-refractivity contribution in [1.29, 1.82) is 0 Å². The molecule has 3 rings (SSSR count). The van der Waals surface area contributed by atoms with Crippen LogP contribution in [0.25, 0.3) is 5.69 Å². The minimum absolute atomic E-state index is 0.125. The summed E-state index contributed by atoms with van der Waals surface area (Å²) in [7, 11) is 0. The van der Waals surface area contributed by atoms with Gasteiger partial charge in [0.05, 0.1) is 27.5 Å². The van der Waals surface area contributed by atoms with Crippen LogP contribution in [0.2, 0.25) is 0 Å². The number of carboxylic acids is 1. The number of aromatic nitrogens is 2. The van der Waals surface area contributed by atoms with Crippen molar-refractivity contribution >= 4 is 27.8 Å². The molecule has 0 unspecified atom stereocenters. The number of amides is 1. The van der Waals surface area contributed by atoms with E-state index < -0.39 is 11.9 Å². The fourth-order valence-corrected chi connectivity index (χ4v) is 3.20. The topological polar surface area (TPSA) is 75.4 Å². The zero-order valence-corrected chi connectivity index (χ0v) is 15.1. The van der Waals surface area contributed by atoms with Crippen LogP contribution in [-0.4, -0.2) is 44.8 Å². The molecule has 6 nitrogen and oxygen atoms in total. The third kappa shape index (κ3) is 2.96. The van der Waals surface area contributed by atoms with Gasteiger partial charge in [0.2, 0.25) is 0 Å². The van der Waals surface area contributed by atoms with Crippen LogP contribution in [0.4, 0.5) is 0 Å². The number of carbonyl (C=O) groups is 2. The van der Waals surface area contributed by atoms with Crippen LogP contribution in [0.15, 0.2) is 28.7 Å². The van der Waals surface area contributed by atoms with Gasteiger partial charge >= 0.3 is 5.97 Å². The average molecular weight is 392 g/mol. The summed E-state index contributed by atoms with van der Waals surface area (Å²) < 4.78 is 2.80. The zero-order valence-electron chi connectivity index (χ0n) is 13.5. The van der Waals surface area contributed by atoms with E-state index >= 15 is 0 Å². The third-order valence-corrected chi connectivity index (χ3v) is 5.53. The Labute approximate surface area is 148 Å². The molecule has 1 aromatic carbocycles. The van der Waals surface area contributed by atoms with Crippen molar-refractivity contribution in [2.45, 2.75) is 20.3 Å². The maximum absolute atomic E-state index is 12.5. The number of aryl methyl sites for hydroxylation is 1. The summed E-state index contributed by atoms with van der Waals surface area (Å²) in [6, 6.07) is 7.22. The molecule has 7 heteroatoms. The second kappa shape index (κ2) is 6.39. The van der Waals surface area contributed by atoms with Gasteiger partial charge in [-0.25, -0.2) is 4.68 Å². The van der Waals surface area contributed by atoms with E-state index in [9.17, 15) is 9.59 Å². The first-order valence-electron chi connectivity index (χ1n) is 7.72. The Morgan fingerprint density at radius 2 is 1.92 bits per heavy atom. The summed E-state index contributed by atoms with van der Waals surface area (Å²) >= 11 is 3.50. The molecule has 2 aromatic rings. The molecule has 1 N–H and O–H groups in total. The van der Waals surface area contributed by atoms with E-state index in [2.05, 4.69) is 21.0 Å². The van der Waals surface area contributed by atoms with Gasteiger partial charge in [-0.05, 0) is 60.5 Å². The molecule has 0 saturated carbocycles. The van der Waals surface area contributed by atoms with Gasteiger partial charge in [-0.1, -0.05) is 0 Å². The van der Waals surface area contributed by atoms with Crippen molar-refractivity contribution in [3.05, 3.63) is 45.7 Å². The number of carboxylic acid groups (broad SMARTS) is 1. The van der Waals surface area contributed by atoms with Crippen molar-refractivity contribution in [3.8, 4) is 5.69 Å². The molecule has 1 atom stereocenters. The number of likely N-dealkylation sites (tertiary alicyclic amines) is 1. The molecule has 0 bridgehead atoms. The summed E-state index contributed by atoms with van der Waals surface area (Å²) in [5.74, 6) is -1.42. The van der Waals surface area contributed by atoms with Crippen LogP contribution in [-0.2, 0) is 4.79 Å². The van der Waals surface area contributed by atoms with E-state index in [0.29, 0.717) is 18.5 Å². The summed E-state index contributed by atoms with van der Waals surface area (Å²) in [6.45, 7) is 4.67. The predicted molar refractivity (Wildman–Crippen MR) is 92.4 cm³/mol. The summed E-state index contributed by atoms with van der Waals surface area (Å²) in [5, 5.41) is 13.5. The highest BCUT2D eigenvalue weighted by Gasteiger charge is 2.31. The second-order valence-corrected chi connectivity index (χ2v) is 6.81. The summed E-state index contributed by atoms with van der Waals surface area (Å²) in [4.78, 5) is 25.1. The van der Waals surface area contributed by atoms with E-state index in [1.807, 2.05) is 30.7 Å². The summed E-state index contributed by atoms with van der Waals surface area (Å²) in [6.07, 6.45) is 0.513. The number of hydrogen-bond donors (Lipinski definition) is 1. The lowest BCUT2D eigenvalue weighted by Crippen LogP contribution is -2.29. The van der Waals surface area contributed by atoms with Crippen molar-refractivity contribution in [3.63, 3.8) is 0 Å². The fraction of sp³-hybridized carbons (Fsp3) is 0.353. The Morgan fingerprint density at radius 1 is 1.25 bits per heavy atom. The van der Waals surface area contributed by atoms with Crippen LogP contribution < -0.4 is 0 Å². The normalized spacial score (nSPS) is 17.3. The SMILES string of the molecule is Cc1nn(-c2ccc(C(=O)N3CC[C@@H](C(=O)O)C3)cc2)c(C)c1Br. The van der Waals surface area contributed by atoms with E-state index in [4.69, 9.17) is 5.11 Å². The Kier molecular flexibility index (Phi) is 4.45. The van der Waals surface area contributed by atoms with Gasteiger partial charge in [0.1, 0.15) is 0 Å². The lowest BCUT2D eigenvalue weighted by Gasteiger charge is -2.16. The molecule has 2 heterocycles. The van der Waals surface area contributed by atoms with E-state index in [1.54, 1.807) is 17.0 Å². The second-order valence-electron chi connectivity index (χ2n) is 6.02. The van der Waals surface area contributed by atoms with Crippen molar-refractivity contribution < 1.29 is 14.7 Å².